The van der Waals surface area contributed by atoms with Crippen molar-refractivity contribution in [3.05, 3.63) is 70.9 Å². The maximum absolute atomic E-state index is 13.2. The van der Waals surface area contributed by atoms with Crippen LogP contribution in [0.3, 0.4) is 0 Å². The van der Waals surface area contributed by atoms with Crippen molar-refractivity contribution in [2.75, 3.05) is 13.1 Å². The van der Waals surface area contributed by atoms with Crippen LogP contribution in [-0.4, -0.2) is 39.9 Å². The molecule has 0 aliphatic carbocycles. The number of hydrogen-bond acceptors (Lipinski definition) is 3. The Balaban J connectivity index is 1.51. The minimum atomic E-state index is -1.04. The number of aromatic nitrogens is 1. The molecule has 5 nitrogen and oxygen atoms in total. The molecule has 1 aliphatic rings. The molecule has 1 saturated heterocycles. The van der Waals surface area contributed by atoms with Crippen LogP contribution in [0, 0.1) is 12.8 Å². The second-order valence-electron chi connectivity index (χ2n) is 7.94. The number of nitrogens with zero attached hydrogens (tertiary/aromatic N) is 1. The zero-order valence-electron chi connectivity index (χ0n) is 16.8. The molecular weight excluding hydrogens is 400 g/mol. The Labute approximate surface area is 180 Å². The van der Waals surface area contributed by atoms with Crippen LogP contribution in [0.15, 0.2) is 48.7 Å². The number of piperidine rings is 1. The summed E-state index contributed by atoms with van der Waals surface area (Å²) in [5.41, 5.74) is 3.62. The molecule has 1 aromatic heterocycles. The van der Waals surface area contributed by atoms with Gasteiger partial charge in [-0.2, -0.15) is 0 Å². The highest BCUT2D eigenvalue weighted by Crippen LogP contribution is 2.27. The molecule has 0 saturated carbocycles. The van der Waals surface area contributed by atoms with Crippen molar-refractivity contribution >= 4 is 39.4 Å². The van der Waals surface area contributed by atoms with Gasteiger partial charge in [0.2, 0.25) is 5.78 Å². The molecule has 1 aliphatic heterocycles. The van der Waals surface area contributed by atoms with Crippen LogP contribution in [0.2, 0.25) is 0 Å². The van der Waals surface area contributed by atoms with E-state index in [0.717, 1.165) is 24.8 Å². The lowest BCUT2D eigenvalue weighted by atomic mass is 9.89. The summed E-state index contributed by atoms with van der Waals surface area (Å²) >= 11 is 5.37. The van der Waals surface area contributed by atoms with Gasteiger partial charge in [0, 0.05) is 35.8 Å². The minimum absolute atomic E-state index is 0.0376. The first kappa shape index (κ1) is 20.4. The lowest BCUT2D eigenvalue weighted by Gasteiger charge is -2.32. The first-order valence-electron chi connectivity index (χ1n) is 10.1. The summed E-state index contributed by atoms with van der Waals surface area (Å²) in [7, 11) is 0. The molecule has 4 rings (SSSR count). The molecule has 3 aromatic rings. The van der Waals surface area contributed by atoms with Gasteiger partial charge in [-0.1, -0.05) is 30.3 Å². The van der Waals surface area contributed by atoms with Crippen molar-refractivity contribution in [3.63, 3.8) is 0 Å². The van der Waals surface area contributed by atoms with Gasteiger partial charge < -0.3 is 9.88 Å². The van der Waals surface area contributed by atoms with E-state index in [9.17, 15) is 14.4 Å². The molecule has 6 heteroatoms. The summed E-state index contributed by atoms with van der Waals surface area (Å²) in [4.78, 5) is 41.5. The minimum Gasteiger partial charge on any atom is -0.360 e. The van der Waals surface area contributed by atoms with E-state index in [1.54, 1.807) is 6.07 Å². The predicted molar refractivity (Wildman–Crippen MR) is 117 cm³/mol. The van der Waals surface area contributed by atoms with E-state index in [-0.39, 0.29) is 11.5 Å². The van der Waals surface area contributed by atoms with Gasteiger partial charge in [-0.05, 0) is 67.0 Å². The molecule has 30 heavy (non-hydrogen) atoms. The topological polar surface area (TPSA) is 70.2 Å². The summed E-state index contributed by atoms with van der Waals surface area (Å²) in [5.74, 6) is -0.236. The maximum atomic E-state index is 13.2. The van der Waals surface area contributed by atoms with Crippen LogP contribution < -0.4 is 0 Å². The number of ketones is 1. The number of Topliss-reactive ketones (excluding diaryl/α,β-unsaturated/α-hetero) is 1. The fraction of sp³-hybridized carbons (Fsp3) is 0.292. The molecular formula is C24H23ClN2O3. The molecule has 0 spiro atoms. The number of amides is 1. The highest BCUT2D eigenvalue weighted by molar-refractivity contribution is 6.83. The number of likely N-dealkylation sites (tertiary alicyclic amines) is 1. The molecule has 1 amide bonds. The third kappa shape index (κ3) is 4.03. The Morgan fingerprint density at radius 2 is 1.77 bits per heavy atom. The number of nitrogens with one attached hydrogen (secondary N) is 1. The lowest BCUT2D eigenvalue weighted by molar-refractivity contribution is -0.108. The van der Waals surface area contributed by atoms with E-state index < -0.39 is 11.0 Å². The molecule has 1 fully saturated rings. The SMILES string of the molecule is Cc1cc2[nH]cc(C(=O)C(=O)Cl)c2cc1C(=O)N1CCC(Cc2ccccc2)CC1. The largest absolute Gasteiger partial charge is 0.360 e. The highest BCUT2D eigenvalue weighted by Gasteiger charge is 2.26. The molecule has 0 unspecified atom stereocenters. The van der Waals surface area contributed by atoms with E-state index >= 15 is 0 Å². The Bertz CT molecular complexity index is 1110. The second-order valence-corrected chi connectivity index (χ2v) is 8.29. The van der Waals surface area contributed by atoms with Gasteiger partial charge >= 0.3 is 0 Å². The fourth-order valence-corrected chi connectivity index (χ4v) is 4.36. The first-order chi connectivity index (χ1) is 14.4. The molecule has 154 valence electrons. The zero-order valence-corrected chi connectivity index (χ0v) is 17.5. The number of fused-ring (bicyclic) bond motifs is 1. The fourth-order valence-electron chi connectivity index (χ4n) is 4.26. The number of benzene rings is 2. The van der Waals surface area contributed by atoms with Crippen molar-refractivity contribution in [3.8, 4) is 0 Å². The van der Waals surface area contributed by atoms with Crippen molar-refractivity contribution in [1.29, 1.82) is 0 Å². The average Bonchev–Trinajstić information content (AvgIpc) is 3.15. The quantitative estimate of drug-likeness (QED) is 0.373. The summed E-state index contributed by atoms with van der Waals surface area (Å²) < 4.78 is 0. The standard InChI is InChI=1S/C24H23ClN2O3/c1-15-11-21-19(20(14-26-21)22(28)23(25)29)13-18(15)24(30)27-9-7-17(8-10-27)12-16-5-3-2-4-6-16/h2-6,11,13-14,17,26H,7-10,12H2,1H3. The first-order valence-corrected chi connectivity index (χ1v) is 10.5. The predicted octanol–water partition coefficient (Wildman–Crippen LogP) is 4.52. The molecule has 0 atom stereocenters. The van der Waals surface area contributed by atoms with Crippen LogP contribution in [0.5, 0.6) is 0 Å². The van der Waals surface area contributed by atoms with Crippen molar-refractivity contribution < 1.29 is 14.4 Å². The van der Waals surface area contributed by atoms with E-state index in [4.69, 9.17) is 11.6 Å². The van der Waals surface area contributed by atoms with Crippen LogP contribution >= 0.6 is 11.6 Å². The Morgan fingerprint density at radius 1 is 1.07 bits per heavy atom. The number of aromatic amines is 1. The van der Waals surface area contributed by atoms with Gasteiger partial charge in [0.05, 0.1) is 5.56 Å². The monoisotopic (exact) mass is 422 g/mol. The Morgan fingerprint density at radius 3 is 2.43 bits per heavy atom. The van der Waals surface area contributed by atoms with Gasteiger partial charge in [0.1, 0.15) is 0 Å². The van der Waals surface area contributed by atoms with Crippen molar-refractivity contribution in [2.45, 2.75) is 26.2 Å². The number of aryl methyl sites for hydroxylation is 1. The van der Waals surface area contributed by atoms with Crippen LogP contribution in [0.4, 0.5) is 0 Å². The van der Waals surface area contributed by atoms with Gasteiger partial charge in [0.15, 0.2) is 0 Å². The number of carbonyl (C=O) groups excluding carboxylic acids is 3. The Kier molecular flexibility index (Phi) is 5.73. The van der Waals surface area contributed by atoms with Gasteiger partial charge in [0.25, 0.3) is 11.1 Å². The maximum Gasteiger partial charge on any atom is 0.293 e. The zero-order chi connectivity index (χ0) is 21.3. The summed E-state index contributed by atoms with van der Waals surface area (Å²) in [6, 6.07) is 14.0. The van der Waals surface area contributed by atoms with Gasteiger partial charge in [-0.25, -0.2) is 0 Å². The molecule has 0 radical (unpaired) electrons. The van der Waals surface area contributed by atoms with Crippen molar-refractivity contribution in [2.24, 2.45) is 5.92 Å². The average molecular weight is 423 g/mol. The summed E-state index contributed by atoms with van der Waals surface area (Å²) in [6.45, 7) is 3.31. The molecule has 0 bridgehead atoms. The normalized spacial score (nSPS) is 14.8. The lowest BCUT2D eigenvalue weighted by Crippen LogP contribution is -2.39. The number of rotatable bonds is 5. The number of carbonyl (C=O) groups is 3. The number of H-pyrrole nitrogens is 1. The third-order valence-electron chi connectivity index (χ3n) is 5.95. The van der Waals surface area contributed by atoms with Gasteiger partial charge in [-0.15, -0.1) is 0 Å². The van der Waals surface area contributed by atoms with E-state index in [1.807, 2.05) is 24.0 Å². The van der Waals surface area contributed by atoms with E-state index in [1.165, 1.54) is 11.8 Å². The van der Waals surface area contributed by atoms with Crippen LogP contribution in [0.25, 0.3) is 10.9 Å². The van der Waals surface area contributed by atoms with Crippen LogP contribution in [-0.2, 0) is 11.2 Å². The third-order valence-corrected chi connectivity index (χ3v) is 6.12. The van der Waals surface area contributed by atoms with Crippen molar-refractivity contribution in [1.82, 2.24) is 9.88 Å². The van der Waals surface area contributed by atoms with E-state index in [0.29, 0.717) is 35.5 Å². The molecule has 1 N–H and O–H groups in total. The number of hydrogen-bond donors (Lipinski definition) is 1. The number of halogens is 1. The molecule has 2 heterocycles. The summed E-state index contributed by atoms with van der Waals surface area (Å²) in [5, 5.41) is -0.494. The Hall–Kier alpha value is -2.92. The summed E-state index contributed by atoms with van der Waals surface area (Å²) in [6.07, 6.45) is 4.44. The second kappa shape index (κ2) is 8.44. The van der Waals surface area contributed by atoms with Crippen LogP contribution in [0.1, 0.15) is 44.7 Å². The highest BCUT2D eigenvalue weighted by atomic mass is 35.5. The molecule has 2 aromatic carbocycles. The van der Waals surface area contributed by atoms with Gasteiger partial charge in [-0.3, -0.25) is 14.4 Å². The van der Waals surface area contributed by atoms with E-state index in [2.05, 4.69) is 29.2 Å². The smallest absolute Gasteiger partial charge is 0.293 e.